The summed E-state index contributed by atoms with van der Waals surface area (Å²) in [4.78, 5) is 26.4. The summed E-state index contributed by atoms with van der Waals surface area (Å²) in [5.41, 5.74) is 0. The van der Waals surface area contributed by atoms with E-state index in [9.17, 15) is 117 Å². The van der Waals surface area contributed by atoms with E-state index in [1.165, 1.54) is 0 Å². The topological polar surface area (TPSA) is 583 Å². The van der Waals surface area contributed by atoms with Crippen LogP contribution in [0.1, 0.15) is 83.5 Å². The zero-order valence-corrected chi connectivity index (χ0v) is 54.1. The summed E-state index contributed by atoms with van der Waals surface area (Å²) in [5, 5.41) is 226. The Hall–Kier alpha value is -2.86. The van der Waals surface area contributed by atoms with Crippen LogP contribution >= 0.6 is 0 Å². The number of carbonyl (C=O) groups excluding carboxylic acids is 2. The summed E-state index contributed by atoms with van der Waals surface area (Å²) in [6.45, 7) is -3.51. The van der Waals surface area contributed by atoms with Crippen molar-refractivity contribution < 1.29 is 178 Å². The molecule has 0 bridgehead atoms. The molecule has 10 aliphatic rings. The Morgan fingerprint density at radius 2 is 0.697 bits per heavy atom. The van der Waals surface area contributed by atoms with E-state index in [4.69, 9.17) is 61.6 Å². The zero-order valence-electron chi connectivity index (χ0n) is 54.1. The fourth-order valence-electron chi connectivity index (χ4n) is 15.3. The highest BCUT2D eigenvalue weighted by Crippen LogP contribution is 2.45. The second-order valence-electron chi connectivity index (χ2n) is 28.0. The SMILES string of the molecule is O=C(C=CC1CCC(O[C@@H]2O[C@H](CO)[C@@H](O)[C@H](O)[C@H]2O)CC1)OC[C@H]1O[C@@H](OC2CC(C3[OH+]C4CC(O)CC(O)C4CC3O[C@@H]3O[C@H](CO)[C@@H](O)[C@H](O)[C@H]3O)CC(O[C@@H]3O[C@H](COC(=O)C=CC4CCC(O[C@@H]5O[C@H](CO)[C@@H](O)[C@H](O)[C@H]5O)CC4)[C@@H](O)[C@H](O)[C@H]3O)C2O)[C@H](O)[C@@H](O)[C@@H]1O. The number of aliphatic hydroxyl groups is 23. The Labute approximate surface area is 567 Å². The van der Waals surface area contributed by atoms with Crippen molar-refractivity contribution in [3.63, 3.8) is 0 Å². The van der Waals surface area contributed by atoms with Gasteiger partial charge >= 0.3 is 11.9 Å². The minimum atomic E-state index is -2.06. The third kappa shape index (κ3) is 18.5. The van der Waals surface area contributed by atoms with E-state index in [0.717, 1.165) is 12.2 Å². The third-order valence-corrected chi connectivity index (χ3v) is 21.3. The van der Waals surface area contributed by atoms with Gasteiger partial charge in [-0.2, -0.15) is 0 Å². The molecule has 36 heteroatoms. The van der Waals surface area contributed by atoms with Crippen LogP contribution in [0.15, 0.2) is 24.3 Å². The number of esters is 2. The van der Waals surface area contributed by atoms with Gasteiger partial charge in [-0.1, -0.05) is 12.2 Å². The van der Waals surface area contributed by atoms with Crippen LogP contribution in [0.3, 0.4) is 0 Å². The molecule has 0 aromatic carbocycles. The number of carbonyl (C=O) groups is 2. The van der Waals surface area contributed by atoms with Crippen molar-refractivity contribution in [2.24, 2.45) is 23.7 Å². The number of fused-ring (bicyclic) bond motifs is 1. The summed E-state index contributed by atoms with van der Waals surface area (Å²) in [7, 11) is 0. The molecule has 0 aromatic heterocycles. The molecule has 8 unspecified atom stereocenters. The van der Waals surface area contributed by atoms with Crippen LogP contribution in [0.25, 0.3) is 0 Å². The summed E-state index contributed by atoms with van der Waals surface area (Å²) in [6.07, 6.45) is -44.6. The van der Waals surface area contributed by atoms with Crippen molar-refractivity contribution in [1.29, 1.82) is 0 Å². The average Bonchev–Trinajstić information content (AvgIpc) is 0.763. The molecule has 0 aromatic rings. The van der Waals surface area contributed by atoms with Gasteiger partial charge in [-0.05, 0) is 82.5 Å². The average molecular weight is 1430 g/mol. The number of hydrogen-bond donors (Lipinski definition) is 21. The van der Waals surface area contributed by atoms with Crippen molar-refractivity contribution in [3.8, 4) is 0 Å². The van der Waals surface area contributed by atoms with Crippen molar-refractivity contribution in [1.82, 2.24) is 0 Å². The van der Waals surface area contributed by atoms with E-state index in [-0.39, 0.29) is 43.9 Å². The molecule has 22 N–H and O–H groups in total. The first-order chi connectivity index (χ1) is 47.2. The Morgan fingerprint density at radius 3 is 1.06 bits per heavy atom. The van der Waals surface area contributed by atoms with Gasteiger partial charge in [-0.15, -0.1) is 0 Å². The third-order valence-electron chi connectivity index (χ3n) is 21.3. The summed E-state index contributed by atoms with van der Waals surface area (Å²) >= 11 is 0. The quantitative estimate of drug-likeness (QED) is 0.0272. The van der Waals surface area contributed by atoms with E-state index in [1.54, 1.807) is 12.2 Å². The molecule has 0 radical (unpaired) electrons. The molecule has 10 fully saturated rings. The Morgan fingerprint density at radius 1 is 0.364 bits per heavy atom. The molecule has 36 nitrogen and oxygen atoms in total. The zero-order chi connectivity index (χ0) is 71.4. The maximum Gasteiger partial charge on any atom is 0.330 e. The van der Waals surface area contributed by atoms with Crippen LogP contribution in [0.2, 0.25) is 0 Å². The summed E-state index contributed by atoms with van der Waals surface area (Å²) in [6, 6.07) is 0. The molecule has 0 amide bonds. The second kappa shape index (κ2) is 35.0. The van der Waals surface area contributed by atoms with E-state index in [1.807, 2.05) is 0 Å². The van der Waals surface area contributed by atoms with Crippen LogP contribution in [-0.4, -0.2) is 372 Å². The predicted molar refractivity (Wildman–Crippen MR) is 321 cm³/mol. The van der Waals surface area contributed by atoms with Crippen LogP contribution in [0, 0.1) is 23.7 Å². The maximum atomic E-state index is 13.2. The number of allylic oxidation sites excluding steroid dienone is 2. The lowest BCUT2D eigenvalue weighted by Crippen LogP contribution is -2.65. The normalized spacial score (nSPS) is 50.2. The highest BCUT2D eigenvalue weighted by Gasteiger charge is 2.59. The molecule has 6 saturated heterocycles. The van der Waals surface area contributed by atoms with Gasteiger partial charge < -0.3 is 169 Å². The van der Waals surface area contributed by atoms with Crippen LogP contribution in [-0.2, 0) is 66.4 Å². The van der Waals surface area contributed by atoms with Gasteiger partial charge in [0.15, 0.2) is 43.7 Å². The van der Waals surface area contributed by atoms with Gasteiger partial charge in [0.25, 0.3) is 0 Å². The first-order valence-corrected chi connectivity index (χ1v) is 34.2. The lowest BCUT2D eigenvalue weighted by Gasteiger charge is -2.50. The Bertz CT molecular complexity index is 2450. The van der Waals surface area contributed by atoms with Crippen LogP contribution in [0.4, 0.5) is 0 Å². The highest BCUT2D eigenvalue weighted by molar-refractivity contribution is 5.82. The first kappa shape index (κ1) is 78.7. The first-order valence-electron chi connectivity index (χ1n) is 34.2. The van der Waals surface area contributed by atoms with E-state index >= 15 is 0 Å². The predicted octanol–water partition coefficient (Wildman–Crippen LogP) is -9.92. The van der Waals surface area contributed by atoms with Crippen molar-refractivity contribution in [3.05, 3.63) is 24.3 Å². The molecule has 10 rings (SSSR count). The molecular weight excluding hydrogens is 1330 g/mol. The van der Waals surface area contributed by atoms with Crippen molar-refractivity contribution >= 4 is 11.9 Å². The van der Waals surface area contributed by atoms with Crippen molar-refractivity contribution in [2.75, 3.05) is 33.0 Å². The number of ether oxygens (including phenoxy) is 13. The van der Waals surface area contributed by atoms with E-state index in [2.05, 4.69) is 0 Å². The fourth-order valence-corrected chi connectivity index (χ4v) is 15.3. The molecule has 6 heterocycles. The standard InChI is InChI=1S/C63H100O36/c64-18-35-43(72)48(77)53(82)59(95-35)89-27-7-1-23(2-8-27)5-11-40(69)87-21-38-46(75)51(80)56(85)61(98-38)92-32-13-25(58-34(17-29-30(68)15-26(67)16-31(29)91-58)94-63-55(84)50(79)45(74)37(20-66)97-63)14-33(42(32)71)93-62-57(86)52(81)47(76)39(99-62)22-88-41(70)12-6-24-3-9-28(10-4-24)90-60-54(83)49(78)44(73)36(19-65)96-60/h5-6,11-12,23-39,42-68,71-86H,1-4,7-10,13-22H2/p+1/t23?,24?,25?,26?,27?,28?,29?,30?,31?,32?,33?,34?,35-,36-,37-,38-,39-,42?,43-,44-,45-,46-,47-,48+,49+,50+,51+,52+,53-,54-,55-,56-,57-,58?,59-,60-,61-,62-,63-/m1/s1. The molecule has 4 aliphatic carbocycles. The molecule has 0 spiro atoms. The lowest BCUT2D eigenvalue weighted by atomic mass is 9.72. The maximum absolute atomic E-state index is 13.2. The van der Waals surface area contributed by atoms with Crippen LogP contribution < -0.4 is 0 Å². The number of hydrogen-bond acceptors (Lipinski definition) is 35. The summed E-state index contributed by atoms with van der Waals surface area (Å²) in [5.74, 6) is -3.73. The van der Waals surface area contributed by atoms with Gasteiger partial charge in [0.05, 0.1) is 62.4 Å². The smallest absolute Gasteiger partial charge is 0.330 e. The Balaban J connectivity index is 0.807. The molecule has 99 heavy (non-hydrogen) atoms. The van der Waals surface area contributed by atoms with Gasteiger partial charge in [-0.25, -0.2) is 9.59 Å². The molecule has 568 valence electrons. The minimum absolute atomic E-state index is 0.0327. The summed E-state index contributed by atoms with van der Waals surface area (Å²) < 4.78 is 75.4. The van der Waals surface area contributed by atoms with Gasteiger partial charge in [0.2, 0.25) is 0 Å². The molecule has 4 saturated carbocycles. The number of aliphatic hydroxyl groups excluding tert-OH is 21. The fraction of sp³-hybridized carbons (Fsp3) is 0.905. The second-order valence-corrected chi connectivity index (χ2v) is 28.0. The Kier molecular flexibility index (Phi) is 27.9. The van der Waals surface area contributed by atoms with E-state index in [0.29, 0.717) is 51.4 Å². The molecular formula is C63H101O36+. The van der Waals surface area contributed by atoms with Crippen molar-refractivity contribution in [2.45, 2.75) is 298 Å². The van der Waals surface area contributed by atoms with Gasteiger partial charge in [0.1, 0.15) is 148 Å². The highest BCUT2D eigenvalue weighted by atomic mass is 16.8. The number of rotatable bonds is 22. The molecule has 6 aliphatic heterocycles. The lowest BCUT2D eigenvalue weighted by molar-refractivity contribution is -0.365. The largest absolute Gasteiger partial charge is 0.460 e. The van der Waals surface area contributed by atoms with Gasteiger partial charge in [-0.3, -0.25) is 0 Å². The van der Waals surface area contributed by atoms with Gasteiger partial charge in [0, 0.05) is 30.9 Å². The minimum Gasteiger partial charge on any atom is -0.460 e. The van der Waals surface area contributed by atoms with E-state index < -0.39 is 271 Å². The monoisotopic (exact) mass is 1430 g/mol. The van der Waals surface area contributed by atoms with Crippen LogP contribution in [0.5, 0.6) is 0 Å². The molecule has 33 atom stereocenters.